The highest BCUT2D eigenvalue weighted by atomic mass is 16.5. The molecule has 0 atom stereocenters. The van der Waals surface area contributed by atoms with E-state index in [2.05, 4.69) is 18.9 Å². The summed E-state index contributed by atoms with van der Waals surface area (Å²) >= 11 is 0. The Labute approximate surface area is 188 Å². The molecule has 2 heterocycles. The number of hydrogen-bond acceptors (Lipinski definition) is 5. The number of rotatable bonds is 6. The predicted molar refractivity (Wildman–Crippen MR) is 124 cm³/mol. The van der Waals surface area contributed by atoms with Gasteiger partial charge in [-0.3, -0.25) is 4.79 Å². The van der Waals surface area contributed by atoms with E-state index >= 15 is 0 Å². The quantitative estimate of drug-likeness (QED) is 0.508. The molecule has 0 N–H and O–H groups in total. The normalized spacial score (nSPS) is 13.8. The van der Waals surface area contributed by atoms with Crippen LogP contribution in [0.15, 0.2) is 30.5 Å². The average Bonchev–Trinajstić information content (AvgIpc) is 3.52. The summed E-state index contributed by atoms with van der Waals surface area (Å²) in [6, 6.07) is 7.29. The van der Waals surface area contributed by atoms with Gasteiger partial charge in [0, 0.05) is 29.4 Å². The molecule has 0 radical (unpaired) electrons. The van der Waals surface area contributed by atoms with E-state index in [1.807, 2.05) is 37.6 Å². The Bertz CT molecular complexity index is 1190. The second kappa shape index (κ2) is 8.37. The molecule has 0 aliphatic heterocycles. The van der Waals surface area contributed by atoms with Gasteiger partial charge in [0.2, 0.25) is 0 Å². The molecular formula is C25H30N4O3. The number of methoxy groups -OCH3 is 1. The fourth-order valence-electron chi connectivity index (χ4n) is 4.10. The second-order valence-electron chi connectivity index (χ2n) is 9.05. The Morgan fingerprint density at radius 2 is 1.88 bits per heavy atom. The largest absolute Gasteiger partial charge is 0.465 e. The summed E-state index contributed by atoms with van der Waals surface area (Å²) in [5.41, 5.74) is 4.41. The van der Waals surface area contributed by atoms with Crippen LogP contribution >= 0.6 is 0 Å². The monoisotopic (exact) mass is 434 g/mol. The Balaban J connectivity index is 1.83. The number of hydrogen-bond donors (Lipinski definition) is 0. The van der Waals surface area contributed by atoms with Crippen LogP contribution in [0.5, 0.6) is 0 Å². The molecule has 4 rings (SSSR count). The number of aromatic nitrogens is 3. The Morgan fingerprint density at radius 1 is 1.16 bits per heavy atom. The van der Waals surface area contributed by atoms with Crippen LogP contribution in [0, 0.1) is 6.92 Å². The summed E-state index contributed by atoms with van der Waals surface area (Å²) in [7, 11) is 1.36. The molecule has 2 aromatic heterocycles. The van der Waals surface area contributed by atoms with Gasteiger partial charge in [-0.15, -0.1) is 0 Å². The van der Waals surface area contributed by atoms with Crippen LogP contribution in [-0.4, -0.2) is 39.8 Å². The van der Waals surface area contributed by atoms with Gasteiger partial charge < -0.3 is 9.64 Å². The molecule has 1 amide bonds. The molecule has 0 saturated heterocycles. The molecule has 1 aromatic carbocycles. The molecule has 7 heteroatoms. The zero-order valence-electron chi connectivity index (χ0n) is 19.5. The van der Waals surface area contributed by atoms with Crippen molar-refractivity contribution < 1.29 is 14.3 Å². The highest BCUT2D eigenvalue weighted by molar-refractivity contribution is 6.14. The van der Waals surface area contributed by atoms with E-state index in [0.717, 1.165) is 40.8 Å². The summed E-state index contributed by atoms with van der Waals surface area (Å²) in [4.78, 5) is 32.6. The van der Waals surface area contributed by atoms with Crippen LogP contribution in [0.4, 0.5) is 5.69 Å². The molecule has 1 aliphatic carbocycles. The van der Waals surface area contributed by atoms with Gasteiger partial charge in [-0.25, -0.2) is 14.5 Å². The van der Waals surface area contributed by atoms with Crippen LogP contribution in [0.3, 0.4) is 0 Å². The van der Waals surface area contributed by atoms with Crippen molar-refractivity contribution in [3.8, 4) is 0 Å². The number of aryl methyl sites for hydroxylation is 1. The van der Waals surface area contributed by atoms with Gasteiger partial charge >= 0.3 is 5.97 Å². The topological polar surface area (TPSA) is 77.3 Å². The van der Waals surface area contributed by atoms with Gasteiger partial charge in [-0.05, 0) is 77.3 Å². The van der Waals surface area contributed by atoms with Crippen molar-refractivity contribution >= 4 is 28.6 Å². The molecule has 0 bridgehead atoms. The molecule has 0 spiro atoms. The number of pyridine rings is 1. The van der Waals surface area contributed by atoms with E-state index in [1.54, 1.807) is 23.2 Å². The fraction of sp³-hybridized carbons (Fsp3) is 0.440. The number of ether oxygens (including phenoxy) is 1. The molecule has 1 saturated carbocycles. The highest BCUT2D eigenvalue weighted by Gasteiger charge is 2.31. The number of benzene rings is 1. The number of carbonyl (C=O) groups excluding carboxylic acids is 2. The molecule has 168 valence electrons. The lowest BCUT2D eigenvalue weighted by Crippen LogP contribution is -2.37. The zero-order valence-corrected chi connectivity index (χ0v) is 19.5. The summed E-state index contributed by atoms with van der Waals surface area (Å²) in [6.45, 7) is 10.0. The smallest absolute Gasteiger partial charge is 0.337 e. The molecule has 32 heavy (non-hydrogen) atoms. The SMILES string of the molecule is COC(=O)c1ccc(N(C(=O)c2cc(C3CC3)nc3c2cnn3C(C)C)C(C)C)c(C)c1. The molecule has 0 unspecified atom stereocenters. The fourth-order valence-corrected chi connectivity index (χ4v) is 4.10. The van der Waals surface area contributed by atoms with Gasteiger partial charge in [-0.2, -0.15) is 5.10 Å². The maximum atomic E-state index is 14.0. The lowest BCUT2D eigenvalue weighted by Gasteiger charge is -2.29. The summed E-state index contributed by atoms with van der Waals surface area (Å²) in [6.07, 6.45) is 3.95. The first-order valence-electron chi connectivity index (χ1n) is 11.1. The number of carbonyl (C=O) groups is 2. The van der Waals surface area contributed by atoms with Crippen LogP contribution in [0.25, 0.3) is 11.0 Å². The summed E-state index contributed by atoms with van der Waals surface area (Å²) in [5, 5.41) is 5.29. The number of nitrogens with zero attached hydrogens (tertiary/aromatic N) is 4. The van der Waals surface area contributed by atoms with Crippen LogP contribution in [-0.2, 0) is 4.74 Å². The van der Waals surface area contributed by atoms with Crippen LogP contribution < -0.4 is 4.90 Å². The van der Waals surface area contributed by atoms with E-state index < -0.39 is 5.97 Å². The van der Waals surface area contributed by atoms with Crippen molar-refractivity contribution in [2.45, 2.75) is 65.5 Å². The van der Waals surface area contributed by atoms with Crippen molar-refractivity contribution in [2.24, 2.45) is 0 Å². The van der Waals surface area contributed by atoms with Crippen molar-refractivity contribution in [3.05, 3.63) is 52.8 Å². The minimum atomic E-state index is -0.395. The standard InChI is InChI=1S/C25H30N4O3/c1-14(2)28(22-10-9-18(11-16(22)5)25(31)32-6)24(30)19-12-21(17-7-8-17)27-23-20(19)13-26-29(23)15(3)4/h9-15,17H,7-8H2,1-6H3. The van der Waals surface area contributed by atoms with E-state index in [-0.39, 0.29) is 18.0 Å². The first-order valence-corrected chi connectivity index (χ1v) is 11.1. The maximum Gasteiger partial charge on any atom is 0.337 e. The van der Waals surface area contributed by atoms with E-state index in [1.165, 1.54) is 7.11 Å². The lowest BCUT2D eigenvalue weighted by molar-refractivity contribution is 0.0600. The van der Waals surface area contributed by atoms with E-state index in [0.29, 0.717) is 17.0 Å². The zero-order chi connectivity index (χ0) is 23.2. The van der Waals surface area contributed by atoms with Crippen LogP contribution in [0.1, 0.15) is 84.5 Å². The van der Waals surface area contributed by atoms with Crippen molar-refractivity contribution in [1.29, 1.82) is 0 Å². The molecule has 7 nitrogen and oxygen atoms in total. The Kier molecular flexibility index (Phi) is 5.75. The van der Waals surface area contributed by atoms with Crippen LogP contribution in [0.2, 0.25) is 0 Å². The van der Waals surface area contributed by atoms with E-state index in [9.17, 15) is 9.59 Å². The third-order valence-electron chi connectivity index (χ3n) is 5.91. The van der Waals surface area contributed by atoms with Gasteiger partial charge in [0.15, 0.2) is 5.65 Å². The van der Waals surface area contributed by atoms with Gasteiger partial charge in [0.05, 0.1) is 29.8 Å². The highest BCUT2D eigenvalue weighted by Crippen LogP contribution is 2.41. The maximum absolute atomic E-state index is 14.0. The summed E-state index contributed by atoms with van der Waals surface area (Å²) in [5.74, 6) is -0.0744. The second-order valence-corrected chi connectivity index (χ2v) is 9.05. The number of anilines is 1. The lowest BCUT2D eigenvalue weighted by atomic mass is 10.0. The predicted octanol–water partition coefficient (Wildman–Crippen LogP) is 5.04. The molecule has 3 aromatic rings. The third kappa shape index (κ3) is 3.87. The Hall–Kier alpha value is -3.22. The molecule has 1 fully saturated rings. The molecular weight excluding hydrogens is 404 g/mol. The Morgan fingerprint density at radius 3 is 2.44 bits per heavy atom. The number of amides is 1. The molecule has 1 aliphatic rings. The van der Waals surface area contributed by atoms with Crippen molar-refractivity contribution in [3.63, 3.8) is 0 Å². The number of fused-ring (bicyclic) bond motifs is 1. The van der Waals surface area contributed by atoms with Crippen molar-refractivity contribution in [1.82, 2.24) is 14.8 Å². The first-order chi connectivity index (χ1) is 15.2. The third-order valence-corrected chi connectivity index (χ3v) is 5.91. The van der Waals surface area contributed by atoms with Crippen molar-refractivity contribution in [2.75, 3.05) is 12.0 Å². The van der Waals surface area contributed by atoms with Gasteiger partial charge in [-0.1, -0.05) is 0 Å². The average molecular weight is 435 g/mol. The van der Waals surface area contributed by atoms with Gasteiger partial charge in [0.1, 0.15) is 0 Å². The minimum Gasteiger partial charge on any atom is -0.465 e. The summed E-state index contributed by atoms with van der Waals surface area (Å²) < 4.78 is 6.71. The van der Waals surface area contributed by atoms with E-state index in [4.69, 9.17) is 9.72 Å². The first kappa shape index (κ1) is 22.0. The van der Waals surface area contributed by atoms with Gasteiger partial charge in [0.25, 0.3) is 5.91 Å². The number of esters is 1. The minimum absolute atomic E-state index is 0.0853.